The van der Waals surface area contributed by atoms with Crippen molar-refractivity contribution in [2.75, 3.05) is 6.61 Å². The second-order valence-electron chi connectivity index (χ2n) is 11.5. The second-order valence-corrected chi connectivity index (χ2v) is 15.8. The third kappa shape index (κ3) is 6.57. The maximum absolute atomic E-state index is 12.2. The van der Waals surface area contributed by atoms with Gasteiger partial charge in [-0.05, 0) is 21.0 Å². The van der Waals surface area contributed by atoms with Gasteiger partial charge in [0.2, 0.25) is 6.29 Å². The van der Waals surface area contributed by atoms with Crippen LogP contribution in [0.4, 0.5) is 0 Å². The molecule has 0 bridgehead atoms. The van der Waals surface area contributed by atoms with Crippen LogP contribution >= 0.6 is 0 Å². The van der Waals surface area contributed by atoms with Crippen LogP contribution in [0.15, 0.2) is 104 Å². The van der Waals surface area contributed by atoms with Crippen LogP contribution in [-0.2, 0) is 39.6 Å². The van der Waals surface area contributed by atoms with Crippen molar-refractivity contribution in [3.63, 3.8) is 0 Å². The van der Waals surface area contributed by atoms with Crippen LogP contribution in [0, 0.1) is 0 Å². The zero-order valence-corrected chi connectivity index (χ0v) is 25.9. The summed E-state index contributed by atoms with van der Waals surface area (Å²) in [7, 11) is -3.00. The number of esters is 2. The van der Waals surface area contributed by atoms with E-state index in [-0.39, 0.29) is 18.3 Å². The standard InChI is InChI=1S/C34H40O7Si/c1-7-34(24-38-42(33(4,5)6,28-19-13-9-14-20-28)29-21-15-10-16-22-29)31(37-23-27-17-11-8-12-18-27)30(39-25(2)35)32(41-34)40-26(3)36/h7-22,30-32H,1,23-24H2,2-6H3/t30-,31+,32+,34-/m1/s1. The highest BCUT2D eigenvalue weighted by Gasteiger charge is 2.60. The van der Waals surface area contributed by atoms with Crippen LogP contribution < -0.4 is 10.4 Å². The molecule has 0 spiro atoms. The van der Waals surface area contributed by atoms with Crippen LogP contribution in [0.3, 0.4) is 0 Å². The number of hydrogen-bond acceptors (Lipinski definition) is 7. The maximum atomic E-state index is 12.2. The topological polar surface area (TPSA) is 80.3 Å². The maximum Gasteiger partial charge on any atom is 0.305 e. The zero-order chi connectivity index (χ0) is 30.4. The van der Waals surface area contributed by atoms with Crippen LogP contribution in [-0.4, -0.2) is 51.0 Å². The summed E-state index contributed by atoms with van der Waals surface area (Å²) in [5, 5.41) is 1.88. The van der Waals surface area contributed by atoms with Crippen LogP contribution in [0.25, 0.3) is 0 Å². The lowest BCUT2D eigenvalue weighted by atomic mass is 9.96. The minimum atomic E-state index is -3.00. The van der Waals surface area contributed by atoms with Crippen molar-refractivity contribution in [2.24, 2.45) is 0 Å². The van der Waals surface area contributed by atoms with Crippen molar-refractivity contribution < 1.29 is 33.0 Å². The number of rotatable bonds is 11. The van der Waals surface area contributed by atoms with Gasteiger partial charge in [0.05, 0.1) is 13.2 Å². The van der Waals surface area contributed by atoms with Gasteiger partial charge in [0, 0.05) is 13.8 Å². The minimum Gasteiger partial charge on any atom is -0.453 e. The SMILES string of the molecule is C=C[C@]1(CO[Si](c2ccccc2)(c2ccccc2)C(C)(C)C)O[C@H](OC(C)=O)[C@H](OC(C)=O)[C@@H]1OCc1ccccc1. The number of carbonyl (C=O) groups excluding carboxylic acids is 2. The van der Waals surface area contributed by atoms with Crippen LogP contribution in [0.2, 0.25) is 5.04 Å². The van der Waals surface area contributed by atoms with E-state index in [0.29, 0.717) is 0 Å². The van der Waals surface area contributed by atoms with Crippen molar-refractivity contribution in [3.8, 4) is 0 Å². The predicted molar refractivity (Wildman–Crippen MR) is 164 cm³/mol. The summed E-state index contributed by atoms with van der Waals surface area (Å²) in [5.74, 6) is -1.13. The molecular weight excluding hydrogens is 548 g/mol. The minimum absolute atomic E-state index is 0.0127. The van der Waals surface area contributed by atoms with E-state index < -0.39 is 44.4 Å². The smallest absolute Gasteiger partial charge is 0.305 e. The van der Waals surface area contributed by atoms with Gasteiger partial charge in [-0.3, -0.25) is 9.59 Å². The normalized spacial score (nSPS) is 22.4. The molecule has 1 heterocycles. The van der Waals surface area contributed by atoms with Crippen molar-refractivity contribution in [3.05, 3.63) is 109 Å². The lowest BCUT2D eigenvalue weighted by molar-refractivity contribution is -0.201. The Bertz CT molecular complexity index is 1300. The molecule has 0 N–H and O–H groups in total. The molecule has 4 rings (SSSR count). The van der Waals surface area contributed by atoms with E-state index in [0.717, 1.165) is 15.9 Å². The number of benzene rings is 3. The molecule has 0 aromatic heterocycles. The Morgan fingerprint density at radius 1 is 0.857 bits per heavy atom. The first kappa shape index (κ1) is 31.4. The van der Waals surface area contributed by atoms with Gasteiger partial charge in [0.1, 0.15) is 11.7 Å². The van der Waals surface area contributed by atoms with Crippen molar-refractivity contribution in [1.82, 2.24) is 0 Å². The van der Waals surface area contributed by atoms with E-state index >= 15 is 0 Å². The molecule has 8 heteroatoms. The summed E-state index contributed by atoms with van der Waals surface area (Å²) in [4.78, 5) is 24.3. The predicted octanol–water partition coefficient (Wildman–Crippen LogP) is 4.92. The van der Waals surface area contributed by atoms with E-state index in [4.69, 9.17) is 23.4 Å². The molecule has 7 nitrogen and oxygen atoms in total. The molecular formula is C34H40O7Si. The third-order valence-corrected chi connectivity index (χ3v) is 12.5. The molecule has 0 radical (unpaired) electrons. The first-order valence-corrected chi connectivity index (χ1v) is 16.0. The fourth-order valence-electron chi connectivity index (χ4n) is 5.65. The van der Waals surface area contributed by atoms with Crippen LogP contribution in [0.1, 0.15) is 40.2 Å². The van der Waals surface area contributed by atoms with E-state index in [1.54, 1.807) is 6.08 Å². The largest absolute Gasteiger partial charge is 0.453 e. The van der Waals surface area contributed by atoms with Gasteiger partial charge in [-0.25, -0.2) is 0 Å². The number of carbonyl (C=O) groups is 2. The molecule has 1 fully saturated rings. The first-order chi connectivity index (χ1) is 20.0. The number of hydrogen-bond donors (Lipinski definition) is 0. The van der Waals surface area contributed by atoms with Crippen molar-refractivity contribution in [1.29, 1.82) is 0 Å². The highest BCUT2D eigenvalue weighted by atomic mass is 28.4. The molecule has 0 amide bonds. The molecule has 1 saturated heterocycles. The summed E-state index contributed by atoms with van der Waals surface area (Å²) >= 11 is 0. The van der Waals surface area contributed by atoms with Crippen molar-refractivity contribution >= 4 is 30.6 Å². The molecule has 1 aliphatic rings. The monoisotopic (exact) mass is 588 g/mol. The molecule has 3 aromatic rings. The Morgan fingerprint density at radius 2 is 1.36 bits per heavy atom. The van der Waals surface area contributed by atoms with Gasteiger partial charge < -0.3 is 23.4 Å². The second kappa shape index (κ2) is 13.2. The van der Waals surface area contributed by atoms with Gasteiger partial charge in [0.25, 0.3) is 8.32 Å². The molecule has 42 heavy (non-hydrogen) atoms. The van der Waals surface area contributed by atoms with E-state index in [1.165, 1.54) is 13.8 Å². The fraction of sp³-hybridized carbons (Fsp3) is 0.353. The van der Waals surface area contributed by atoms with Crippen LogP contribution in [0.5, 0.6) is 0 Å². The average molecular weight is 589 g/mol. The summed E-state index contributed by atoms with van der Waals surface area (Å²) in [6, 6.07) is 30.1. The zero-order valence-electron chi connectivity index (χ0n) is 24.9. The Kier molecular flexibility index (Phi) is 9.84. The summed E-state index contributed by atoms with van der Waals surface area (Å²) in [5.41, 5.74) is -0.400. The van der Waals surface area contributed by atoms with E-state index in [2.05, 4.69) is 51.6 Å². The quantitative estimate of drug-likeness (QED) is 0.179. The Hall–Kier alpha value is -3.56. The Balaban J connectivity index is 1.80. The molecule has 4 atom stereocenters. The highest BCUT2D eigenvalue weighted by molar-refractivity contribution is 6.99. The van der Waals surface area contributed by atoms with Gasteiger partial charge in [0.15, 0.2) is 6.10 Å². The molecule has 1 aliphatic heterocycles. The molecule has 0 aliphatic carbocycles. The first-order valence-electron chi connectivity index (χ1n) is 14.1. The summed E-state index contributed by atoms with van der Waals surface area (Å²) in [6.45, 7) is 13.4. The third-order valence-electron chi connectivity index (χ3n) is 7.52. The summed E-state index contributed by atoms with van der Waals surface area (Å²) in [6.07, 6.45) is -1.54. The lowest BCUT2D eigenvalue weighted by Crippen LogP contribution is -2.68. The fourth-order valence-corrected chi connectivity index (χ4v) is 10.3. The molecule has 0 unspecified atom stereocenters. The average Bonchev–Trinajstić information content (AvgIpc) is 3.24. The van der Waals surface area contributed by atoms with Gasteiger partial charge >= 0.3 is 11.9 Å². The van der Waals surface area contributed by atoms with Gasteiger partial charge in [-0.15, -0.1) is 6.58 Å². The molecule has 0 saturated carbocycles. The Morgan fingerprint density at radius 3 is 1.81 bits per heavy atom. The molecule has 3 aromatic carbocycles. The lowest BCUT2D eigenvalue weighted by Gasteiger charge is -2.45. The van der Waals surface area contributed by atoms with E-state index in [1.807, 2.05) is 66.7 Å². The highest BCUT2D eigenvalue weighted by Crippen LogP contribution is 2.42. The number of ether oxygens (including phenoxy) is 4. The van der Waals surface area contributed by atoms with Gasteiger partial charge in [-0.1, -0.05) is 118 Å². The Labute approximate surface area is 249 Å². The molecule has 222 valence electrons. The summed E-state index contributed by atoms with van der Waals surface area (Å²) < 4.78 is 31.3. The van der Waals surface area contributed by atoms with Crippen molar-refractivity contribution in [2.45, 2.75) is 70.4 Å². The van der Waals surface area contributed by atoms with E-state index in [9.17, 15) is 9.59 Å². The van der Waals surface area contributed by atoms with Gasteiger partial charge in [-0.2, -0.15) is 0 Å².